The largest absolute Gasteiger partial charge is 0.493 e. The summed E-state index contributed by atoms with van der Waals surface area (Å²) in [6, 6.07) is 15.8. The average Bonchev–Trinajstić information content (AvgIpc) is 2.58. The van der Waals surface area contributed by atoms with Gasteiger partial charge in [0.25, 0.3) is 5.91 Å². The van der Waals surface area contributed by atoms with Gasteiger partial charge >= 0.3 is 5.97 Å². The molecule has 1 amide bonds. The summed E-state index contributed by atoms with van der Waals surface area (Å²) in [5, 5.41) is 3.23. The SMILES string of the molecule is C[C@H](OC(=O)CCOc1ccccc1)C(=O)Nc1ccc(Cl)cc1. The summed E-state index contributed by atoms with van der Waals surface area (Å²) in [6.07, 6.45) is -0.835. The van der Waals surface area contributed by atoms with Crippen LogP contribution in [0.25, 0.3) is 0 Å². The Hall–Kier alpha value is -2.53. The van der Waals surface area contributed by atoms with Gasteiger partial charge in [0.1, 0.15) is 5.75 Å². The minimum Gasteiger partial charge on any atom is -0.493 e. The molecule has 6 heteroatoms. The van der Waals surface area contributed by atoms with Crippen molar-refractivity contribution in [2.45, 2.75) is 19.4 Å². The zero-order valence-corrected chi connectivity index (χ0v) is 14.0. The van der Waals surface area contributed by atoms with Crippen LogP contribution in [-0.4, -0.2) is 24.6 Å². The van der Waals surface area contributed by atoms with Crippen LogP contribution in [0.3, 0.4) is 0 Å². The third-order valence-corrected chi connectivity index (χ3v) is 3.36. The Morgan fingerprint density at radius 1 is 1.08 bits per heavy atom. The van der Waals surface area contributed by atoms with E-state index >= 15 is 0 Å². The van der Waals surface area contributed by atoms with Gasteiger partial charge in [0, 0.05) is 10.7 Å². The number of ether oxygens (including phenoxy) is 2. The van der Waals surface area contributed by atoms with Crippen LogP contribution >= 0.6 is 11.6 Å². The van der Waals surface area contributed by atoms with Crippen molar-refractivity contribution in [3.8, 4) is 5.75 Å². The van der Waals surface area contributed by atoms with E-state index in [4.69, 9.17) is 21.1 Å². The summed E-state index contributed by atoms with van der Waals surface area (Å²) < 4.78 is 10.5. The molecule has 24 heavy (non-hydrogen) atoms. The standard InChI is InChI=1S/C18H18ClNO4/c1-13(18(22)20-15-9-7-14(19)8-10-15)24-17(21)11-12-23-16-5-3-2-4-6-16/h2-10,13H,11-12H2,1H3,(H,20,22)/t13-/m0/s1. The van der Waals surface area contributed by atoms with E-state index in [2.05, 4.69) is 5.32 Å². The lowest BCUT2D eigenvalue weighted by atomic mass is 10.3. The number of hydrogen-bond donors (Lipinski definition) is 1. The van der Waals surface area contributed by atoms with Crippen molar-refractivity contribution in [1.82, 2.24) is 0 Å². The predicted octanol–water partition coefficient (Wildman–Crippen LogP) is 3.68. The number of carbonyl (C=O) groups excluding carboxylic acids is 2. The fraction of sp³-hybridized carbons (Fsp3) is 0.222. The van der Waals surface area contributed by atoms with Crippen molar-refractivity contribution < 1.29 is 19.1 Å². The van der Waals surface area contributed by atoms with Gasteiger partial charge in [-0.05, 0) is 43.3 Å². The van der Waals surface area contributed by atoms with Crippen LogP contribution in [0.4, 0.5) is 5.69 Å². The Balaban J connectivity index is 1.72. The monoisotopic (exact) mass is 347 g/mol. The Morgan fingerprint density at radius 3 is 2.42 bits per heavy atom. The number of esters is 1. The second-order valence-electron chi connectivity index (χ2n) is 5.04. The van der Waals surface area contributed by atoms with Gasteiger partial charge in [0.05, 0.1) is 13.0 Å². The molecule has 0 aliphatic heterocycles. The Morgan fingerprint density at radius 2 is 1.75 bits per heavy atom. The maximum Gasteiger partial charge on any atom is 0.310 e. The van der Waals surface area contributed by atoms with Gasteiger partial charge in [-0.3, -0.25) is 9.59 Å². The third-order valence-electron chi connectivity index (χ3n) is 3.11. The molecule has 0 saturated carbocycles. The summed E-state index contributed by atoms with van der Waals surface area (Å²) in [5.74, 6) is -0.224. The van der Waals surface area contributed by atoms with Crippen LogP contribution in [0, 0.1) is 0 Å². The number of halogens is 1. The first kappa shape index (κ1) is 17.8. The van der Waals surface area contributed by atoms with Gasteiger partial charge in [0.2, 0.25) is 0 Å². The highest BCUT2D eigenvalue weighted by Gasteiger charge is 2.17. The molecule has 0 saturated heterocycles. The van der Waals surface area contributed by atoms with Crippen LogP contribution in [0.1, 0.15) is 13.3 Å². The fourth-order valence-electron chi connectivity index (χ4n) is 1.86. The number of para-hydroxylation sites is 1. The number of anilines is 1. The van der Waals surface area contributed by atoms with Crippen molar-refractivity contribution in [2.24, 2.45) is 0 Å². The average molecular weight is 348 g/mol. The molecule has 126 valence electrons. The molecule has 0 unspecified atom stereocenters. The first-order valence-electron chi connectivity index (χ1n) is 7.48. The lowest BCUT2D eigenvalue weighted by Crippen LogP contribution is -2.30. The van der Waals surface area contributed by atoms with E-state index in [1.807, 2.05) is 18.2 Å². The molecule has 2 rings (SSSR count). The summed E-state index contributed by atoms with van der Waals surface area (Å²) in [7, 11) is 0. The van der Waals surface area contributed by atoms with Gasteiger partial charge in [-0.15, -0.1) is 0 Å². The first-order chi connectivity index (χ1) is 11.5. The molecular weight excluding hydrogens is 330 g/mol. The number of carbonyl (C=O) groups is 2. The van der Waals surface area contributed by atoms with Gasteiger partial charge in [0.15, 0.2) is 6.10 Å². The predicted molar refractivity (Wildman–Crippen MR) is 92.2 cm³/mol. The molecule has 0 fully saturated rings. The van der Waals surface area contributed by atoms with E-state index in [1.165, 1.54) is 6.92 Å². The highest BCUT2D eigenvalue weighted by molar-refractivity contribution is 6.30. The van der Waals surface area contributed by atoms with Gasteiger partial charge in [-0.2, -0.15) is 0 Å². The van der Waals surface area contributed by atoms with Crippen molar-refractivity contribution in [3.63, 3.8) is 0 Å². The highest BCUT2D eigenvalue weighted by atomic mass is 35.5. The summed E-state index contributed by atoms with van der Waals surface area (Å²) >= 11 is 5.78. The molecule has 0 spiro atoms. The summed E-state index contributed by atoms with van der Waals surface area (Å²) in [5.41, 5.74) is 0.583. The minimum atomic E-state index is -0.898. The molecule has 0 heterocycles. The minimum absolute atomic E-state index is 0.0630. The van der Waals surface area contributed by atoms with Crippen molar-refractivity contribution in [1.29, 1.82) is 0 Å². The first-order valence-corrected chi connectivity index (χ1v) is 7.86. The second kappa shape index (κ2) is 8.93. The molecule has 2 aromatic rings. The van der Waals surface area contributed by atoms with Crippen LogP contribution in [-0.2, 0) is 14.3 Å². The molecule has 0 bridgehead atoms. The van der Waals surface area contributed by atoms with Crippen molar-refractivity contribution in [2.75, 3.05) is 11.9 Å². The Labute approximate surface area is 145 Å². The molecule has 0 aliphatic carbocycles. The zero-order valence-electron chi connectivity index (χ0n) is 13.2. The van der Waals surface area contributed by atoms with Crippen LogP contribution < -0.4 is 10.1 Å². The van der Waals surface area contributed by atoms with E-state index in [9.17, 15) is 9.59 Å². The molecule has 2 aromatic carbocycles. The molecule has 1 N–H and O–H groups in total. The van der Waals surface area contributed by atoms with Crippen LogP contribution in [0.15, 0.2) is 54.6 Å². The topological polar surface area (TPSA) is 64.6 Å². The Bertz CT molecular complexity index is 673. The van der Waals surface area contributed by atoms with E-state index in [0.717, 1.165) is 0 Å². The van der Waals surface area contributed by atoms with E-state index in [-0.39, 0.29) is 13.0 Å². The fourth-order valence-corrected chi connectivity index (χ4v) is 1.98. The molecule has 1 atom stereocenters. The quantitative estimate of drug-likeness (QED) is 0.776. The zero-order chi connectivity index (χ0) is 17.4. The number of benzene rings is 2. The van der Waals surface area contributed by atoms with Crippen LogP contribution in [0.2, 0.25) is 5.02 Å². The van der Waals surface area contributed by atoms with E-state index in [1.54, 1.807) is 36.4 Å². The molecule has 0 aromatic heterocycles. The lowest BCUT2D eigenvalue weighted by Gasteiger charge is -2.14. The second-order valence-corrected chi connectivity index (χ2v) is 5.48. The molecule has 5 nitrogen and oxygen atoms in total. The maximum atomic E-state index is 12.0. The normalized spacial score (nSPS) is 11.4. The van der Waals surface area contributed by atoms with Crippen LogP contribution in [0.5, 0.6) is 5.75 Å². The summed E-state index contributed by atoms with van der Waals surface area (Å²) in [6.45, 7) is 1.70. The van der Waals surface area contributed by atoms with Gasteiger partial charge < -0.3 is 14.8 Å². The van der Waals surface area contributed by atoms with Gasteiger partial charge in [-0.1, -0.05) is 29.8 Å². The number of hydrogen-bond acceptors (Lipinski definition) is 4. The van der Waals surface area contributed by atoms with Crippen molar-refractivity contribution in [3.05, 3.63) is 59.6 Å². The summed E-state index contributed by atoms with van der Waals surface area (Å²) in [4.78, 5) is 23.7. The highest BCUT2D eigenvalue weighted by Crippen LogP contribution is 2.14. The number of rotatable bonds is 7. The van der Waals surface area contributed by atoms with E-state index < -0.39 is 18.0 Å². The number of nitrogens with one attached hydrogen (secondary N) is 1. The van der Waals surface area contributed by atoms with Gasteiger partial charge in [-0.25, -0.2) is 0 Å². The lowest BCUT2D eigenvalue weighted by molar-refractivity contribution is -0.153. The van der Waals surface area contributed by atoms with E-state index in [0.29, 0.717) is 16.5 Å². The number of amides is 1. The maximum absolute atomic E-state index is 12.0. The molecule has 0 radical (unpaired) electrons. The Kier molecular flexibility index (Phi) is 6.63. The molecular formula is C18H18ClNO4. The van der Waals surface area contributed by atoms with Crippen molar-refractivity contribution >= 4 is 29.2 Å². The third kappa shape index (κ3) is 5.93. The smallest absolute Gasteiger partial charge is 0.310 e. The molecule has 0 aliphatic rings.